The highest BCUT2D eigenvalue weighted by Crippen LogP contribution is 2.15. The highest BCUT2D eigenvalue weighted by Gasteiger charge is 2.12. The van der Waals surface area contributed by atoms with Gasteiger partial charge in [0.2, 0.25) is 0 Å². The molecule has 1 rings (SSSR count). The number of aromatic nitrogens is 1. The van der Waals surface area contributed by atoms with E-state index in [0.29, 0.717) is 5.13 Å². The molecule has 1 heterocycles. The maximum absolute atomic E-state index is 10.9. The second-order valence-corrected chi connectivity index (χ2v) is 4.04. The van der Waals surface area contributed by atoms with E-state index in [1.807, 2.05) is 12.3 Å². The molecule has 1 N–H and O–H groups in total. The molecule has 1 aromatic rings. The summed E-state index contributed by atoms with van der Waals surface area (Å²) in [6.45, 7) is 1.84. The first-order valence-corrected chi connectivity index (χ1v) is 4.86. The maximum atomic E-state index is 10.9. The molecule has 0 radical (unpaired) electrons. The summed E-state index contributed by atoms with van der Waals surface area (Å²) < 4.78 is 0. The Kier molecular flexibility index (Phi) is 3.31. The number of alkyl halides is 2. The Morgan fingerprint density at radius 2 is 2.42 bits per heavy atom. The van der Waals surface area contributed by atoms with Crippen LogP contribution in [0.3, 0.4) is 0 Å². The Labute approximate surface area is 83.7 Å². The van der Waals surface area contributed by atoms with Crippen LogP contribution in [-0.2, 0) is 4.79 Å². The van der Waals surface area contributed by atoms with Crippen molar-refractivity contribution >= 4 is 45.6 Å². The number of aryl methyl sites for hydroxylation is 1. The molecule has 0 aromatic carbocycles. The van der Waals surface area contributed by atoms with Crippen molar-refractivity contribution in [2.75, 3.05) is 5.32 Å². The molecular weight excluding hydrogens is 219 g/mol. The molecule has 0 aliphatic heterocycles. The number of anilines is 1. The van der Waals surface area contributed by atoms with Crippen molar-refractivity contribution < 1.29 is 4.79 Å². The monoisotopic (exact) mass is 224 g/mol. The zero-order valence-electron chi connectivity index (χ0n) is 6.17. The Hall–Kier alpha value is -0.320. The number of nitrogens with zero attached hydrogens (tertiary/aromatic N) is 1. The van der Waals surface area contributed by atoms with Gasteiger partial charge in [-0.05, 0) is 6.92 Å². The van der Waals surface area contributed by atoms with Gasteiger partial charge < -0.3 is 0 Å². The largest absolute Gasteiger partial charge is 0.300 e. The predicted octanol–water partition coefficient (Wildman–Crippen LogP) is 2.19. The van der Waals surface area contributed by atoms with E-state index < -0.39 is 10.7 Å². The average Bonchev–Trinajstić information content (AvgIpc) is 2.35. The predicted molar refractivity (Wildman–Crippen MR) is 51.0 cm³/mol. The summed E-state index contributed by atoms with van der Waals surface area (Å²) in [5.74, 6) is -0.451. The molecule has 0 spiro atoms. The summed E-state index contributed by atoms with van der Waals surface area (Å²) in [4.78, 5) is 13.9. The lowest BCUT2D eigenvalue weighted by molar-refractivity contribution is -0.114. The van der Waals surface area contributed by atoms with Crippen LogP contribution in [0.1, 0.15) is 5.69 Å². The third-order valence-electron chi connectivity index (χ3n) is 1.05. The van der Waals surface area contributed by atoms with Crippen LogP contribution in [0.25, 0.3) is 0 Å². The van der Waals surface area contributed by atoms with Gasteiger partial charge in [0.05, 0.1) is 5.69 Å². The van der Waals surface area contributed by atoms with Crippen molar-refractivity contribution in [2.24, 2.45) is 0 Å². The first-order chi connectivity index (χ1) is 5.59. The molecule has 0 saturated carbocycles. The standard InChI is InChI=1S/C6H6Cl2N2OS/c1-3-2-12-6(9-3)10-5(11)4(7)8/h2,4H,1H3,(H,9,10,11). The van der Waals surface area contributed by atoms with Gasteiger partial charge in [-0.15, -0.1) is 11.3 Å². The Morgan fingerprint density at radius 1 is 1.75 bits per heavy atom. The van der Waals surface area contributed by atoms with E-state index in [9.17, 15) is 4.79 Å². The number of hydrogen-bond acceptors (Lipinski definition) is 3. The van der Waals surface area contributed by atoms with Crippen LogP contribution >= 0.6 is 34.5 Å². The number of nitrogens with one attached hydrogen (secondary N) is 1. The van der Waals surface area contributed by atoms with Crippen molar-refractivity contribution in [2.45, 2.75) is 11.8 Å². The van der Waals surface area contributed by atoms with E-state index in [1.54, 1.807) is 0 Å². The minimum absolute atomic E-state index is 0.451. The van der Waals surface area contributed by atoms with Crippen LogP contribution < -0.4 is 5.32 Å². The van der Waals surface area contributed by atoms with Crippen molar-refractivity contribution in [1.29, 1.82) is 0 Å². The zero-order chi connectivity index (χ0) is 9.14. The summed E-state index contributed by atoms with van der Waals surface area (Å²) in [5.41, 5.74) is 0.857. The number of amides is 1. The van der Waals surface area contributed by atoms with Gasteiger partial charge in [0, 0.05) is 5.38 Å². The Balaban J connectivity index is 2.58. The maximum Gasteiger partial charge on any atom is 0.259 e. The molecule has 6 heteroatoms. The van der Waals surface area contributed by atoms with Gasteiger partial charge in [0.25, 0.3) is 5.91 Å². The molecule has 0 unspecified atom stereocenters. The fourth-order valence-corrected chi connectivity index (χ4v) is 1.37. The van der Waals surface area contributed by atoms with Gasteiger partial charge in [0.15, 0.2) is 9.97 Å². The number of thiazole rings is 1. The normalized spacial score (nSPS) is 10.3. The second kappa shape index (κ2) is 4.07. The van der Waals surface area contributed by atoms with Gasteiger partial charge in [-0.2, -0.15) is 0 Å². The lowest BCUT2D eigenvalue weighted by atomic mass is 10.6. The van der Waals surface area contributed by atoms with Crippen LogP contribution in [-0.4, -0.2) is 15.7 Å². The third-order valence-corrected chi connectivity index (χ3v) is 2.32. The van der Waals surface area contributed by atoms with Gasteiger partial charge in [-0.1, -0.05) is 23.2 Å². The number of halogens is 2. The minimum Gasteiger partial charge on any atom is -0.300 e. The van der Waals surface area contributed by atoms with Crippen LogP contribution in [0.4, 0.5) is 5.13 Å². The lowest BCUT2D eigenvalue weighted by Crippen LogP contribution is -2.18. The second-order valence-electron chi connectivity index (χ2n) is 2.08. The molecule has 0 fully saturated rings. The molecule has 3 nitrogen and oxygen atoms in total. The molecule has 0 bridgehead atoms. The van der Waals surface area contributed by atoms with Crippen LogP contribution in [0.15, 0.2) is 5.38 Å². The molecule has 66 valence electrons. The molecule has 0 aliphatic carbocycles. The quantitative estimate of drug-likeness (QED) is 0.784. The first-order valence-electron chi connectivity index (χ1n) is 3.10. The molecular formula is C6H6Cl2N2OS. The highest BCUT2D eigenvalue weighted by molar-refractivity contribution is 7.14. The lowest BCUT2D eigenvalue weighted by Gasteiger charge is -1.99. The molecule has 1 aromatic heterocycles. The third kappa shape index (κ3) is 2.62. The van der Waals surface area contributed by atoms with Gasteiger partial charge >= 0.3 is 0 Å². The van der Waals surface area contributed by atoms with E-state index in [-0.39, 0.29) is 0 Å². The number of rotatable bonds is 2. The Morgan fingerprint density at radius 3 is 2.83 bits per heavy atom. The topological polar surface area (TPSA) is 42.0 Å². The smallest absolute Gasteiger partial charge is 0.259 e. The molecule has 0 aliphatic rings. The summed E-state index contributed by atoms with van der Waals surface area (Å²) in [6, 6.07) is 0. The van der Waals surface area contributed by atoms with Crippen molar-refractivity contribution in [3.05, 3.63) is 11.1 Å². The first kappa shape index (κ1) is 9.77. The van der Waals surface area contributed by atoms with Crippen molar-refractivity contribution in [1.82, 2.24) is 4.98 Å². The van der Waals surface area contributed by atoms with Gasteiger partial charge in [-0.25, -0.2) is 4.98 Å². The van der Waals surface area contributed by atoms with E-state index in [2.05, 4.69) is 10.3 Å². The summed E-state index contributed by atoms with van der Waals surface area (Å²) in [7, 11) is 0. The molecule has 0 atom stereocenters. The van der Waals surface area contributed by atoms with Crippen LogP contribution in [0, 0.1) is 6.92 Å². The fourth-order valence-electron chi connectivity index (χ4n) is 0.571. The van der Waals surface area contributed by atoms with Crippen LogP contribution in [0.2, 0.25) is 0 Å². The van der Waals surface area contributed by atoms with E-state index in [4.69, 9.17) is 23.2 Å². The van der Waals surface area contributed by atoms with E-state index in [0.717, 1.165) is 5.69 Å². The number of carbonyl (C=O) groups is 1. The van der Waals surface area contributed by atoms with E-state index in [1.165, 1.54) is 11.3 Å². The number of hydrogen-bond donors (Lipinski definition) is 1. The van der Waals surface area contributed by atoms with Gasteiger partial charge in [-0.3, -0.25) is 10.1 Å². The summed E-state index contributed by atoms with van der Waals surface area (Å²) in [6.07, 6.45) is 0. The summed E-state index contributed by atoms with van der Waals surface area (Å²) in [5, 5.41) is 4.81. The SMILES string of the molecule is Cc1csc(NC(=O)C(Cl)Cl)n1. The van der Waals surface area contributed by atoms with E-state index >= 15 is 0 Å². The summed E-state index contributed by atoms with van der Waals surface area (Å²) >= 11 is 12.0. The van der Waals surface area contributed by atoms with Gasteiger partial charge in [0.1, 0.15) is 0 Å². The van der Waals surface area contributed by atoms with Crippen molar-refractivity contribution in [3.63, 3.8) is 0 Å². The fraction of sp³-hybridized carbons (Fsp3) is 0.333. The van der Waals surface area contributed by atoms with Crippen LogP contribution in [0.5, 0.6) is 0 Å². The molecule has 0 saturated heterocycles. The highest BCUT2D eigenvalue weighted by atomic mass is 35.5. The zero-order valence-corrected chi connectivity index (χ0v) is 8.50. The minimum atomic E-state index is -1.05. The molecule has 12 heavy (non-hydrogen) atoms. The Bertz CT molecular complexity index is 287. The van der Waals surface area contributed by atoms with Crippen molar-refractivity contribution in [3.8, 4) is 0 Å². The number of carbonyl (C=O) groups excluding carboxylic acids is 1. The molecule has 1 amide bonds. The average molecular weight is 225 g/mol.